The number of rotatable bonds is 4. The molecule has 0 aromatic carbocycles. The van der Waals surface area contributed by atoms with Crippen molar-refractivity contribution in [3.63, 3.8) is 0 Å². The van der Waals surface area contributed by atoms with Gasteiger partial charge in [-0.25, -0.2) is 4.98 Å². The fraction of sp³-hybridized carbons (Fsp3) is 0.357. The highest BCUT2D eigenvalue weighted by Gasteiger charge is 2.18. The van der Waals surface area contributed by atoms with Crippen molar-refractivity contribution in [3.05, 3.63) is 27.6 Å². The van der Waals surface area contributed by atoms with Gasteiger partial charge in [-0.15, -0.1) is 11.3 Å². The summed E-state index contributed by atoms with van der Waals surface area (Å²) in [4.78, 5) is 32.2. The first kappa shape index (κ1) is 16.7. The van der Waals surface area contributed by atoms with Gasteiger partial charge >= 0.3 is 0 Å². The molecule has 0 unspecified atom stereocenters. The SMILES string of the molecule is C[C@H](Sc1nc2sccc2c(=O)n1C)c1nc(N)nc(N(C)C)n1. The molecule has 0 aliphatic rings. The van der Waals surface area contributed by atoms with Gasteiger partial charge in [0.05, 0.1) is 10.6 Å². The number of aromatic nitrogens is 5. The van der Waals surface area contributed by atoms with E-state index in [-0.39, 0.29) is 16.8 Å². The van der Waals surface area contributed by atoms with Crippen LogP contribution in [-0.2, 0) is 7.05 Å². The molecular formula is C14H17N7OS2. The zero-order valence-corrected chi connectivity index (χ0v) is 15.4. The van der Waals surface area contributed by atoms with Gasteiger partial charge in [-0.1, -0.05) is 11.8 Å². The van der Waals surface area contributed by atoms with Crippen LogP contribution >= 0.6 is 23.1 Å². The molecule has 0 aliphatic heterocycles. The summed E-state index contributed by atoms with van der Waals surface area (Å²) in [6, 6.07) is 1.79. The van der Waals surface area contributed by atoms with Crippen LogP contribution in [0.2, 0.25) is 0 Å². The van der Waals surface area contributed by atoms with E-state index in [9.17, 15) is 4.79 Å². The van der Waals surface area contributed by atoms with E-state index in [0.717, 1.165) is 4.83 Å². The normalized spacial score (nSPS) is 12.5. The molecule has 3 aromatic heterocycles. The minimum absolute atomic E-state index is 0.0555. The molecule has 2 N–H and O–H groups in total. The van der Waals surface area contributed by atoms with E-state index in [2.05, 4.69) is 19.9 Å². The Morgan fingerprint density at radius 2 is 2.04 bits per heavy atom. The van der Waals surface area contributed by atoms with Crippen molar-refractivity contribution in [2.75, 3.05) is 24.7 Å². The summed E-state index contributed by atoms with van der Waals surface area (Å²) in [5.41, 5.74) is 5.72. The zero-order valence-electron chi connectivity index (χ0n) is 13.7. The van der Waals surface area contributed by atoms with Gasteiger partial charge in [0.25, 0.3) is 5.56 Å². The maximum atomic E-state index is 12.4. The van der Waals surface area contributed by atoms with Crippen LogP contribution in [0, 0.1) is 0 Å². The number of nitrogens with zero attached hydrogens (tertiary/aromatic N) is 6. The highest BCUT2D eigenvalue weighted by molar-refractivity contribution is 7.99. The lowest BCUT2D eigenvalue weighted by Gasteiger charge is -2.15. The van der Waals surface area contributed by atoms with E-state index < -0.39 is 0 Å². The molecule has 1 atom stereocenters. The summed E-state index contributed by atoms with van der Waals surface area (Å²) in [6.07, 6.45) is 0. The van der Waals surface area contributed by atoms with E-state index in [4.69, 9.17) is 5.73 Å². The van der Waals surface area contributed by atoms with Gasteiger partial charge < -0.3 is 10.6 Å². The van der Waals surface area contributed by atoms with E-state index in [0.29, 0.717) is 22.3 Å². The molecule has 0 radical (unpaired) electrons. The number of nitrogens with two attached hydrogens (primary N) is 1. The van der Waals surface area contributed by atoms with Crippen LogP contribution in [0.3, 0.4) is 0 Å². The standard InChI is InChI=1S/C14H17N7OS2/c1-7(9-16-12(15)19-13(17-9)20(2)3)24-14-18-10-8(5-6-23-10)11(22)21(14)4/h5-7H,1-4H3,(H2,15,16,17,19)/t7-/m0/s1. The van der Waals surface area contributed by atoms with Crippen LogP contribution in [-0.4, -0.2) is 38.6 Å². The van der Waals surface area contributed by atoms with Crippen molar-refractivity contribution in [3.8, 4) is 0 Å². The second kappa shape index (κ2) is 6.36. The predicted molar refractivity (Wildman–Crippen MR) is 97.7 cm³/mol. The first-order valence-corrected chi connectivity index (χ1v) is 8.92. The van der Waals surface area contributed by atoms with Crippen LogP contribution < -0.4 is 16.2 Å². The maximum Gasteiger partial charge on any atom is 0.262 e. The minimum atomic E-state index is -0.135. The van der Waals surface area contributed by atoms with Gasteiger partial charge in [0.15, 0.2) is 5.16 Å². The third kappa shape index (κ3) is 3.06. The van der Waals surface area contributed by atoms with Crippen molar-refractivity contribution < 1.29 is 0 Å². The quantitative estimate of drug-likeness (QED) is 0.552. The number of hydrogen-bond acceptors (Lipinski definition) is 9. The fourth-order valence-electron chi connectivity index (χ4n) is 2.08. The third-order valence-corrected chi connectivity index (χ3v) is 5.31. The summed E-state index contributed by atoms with van der Waals surface area (Å²) >= 11 is 2.87. The van der Waals surface area contributed by atoms with Crippen LogP contribution in [0.25, 0.3) is 10.2 Å². The second-order valence-corrected chi connectivity index (χ2v) is 7.61. The Morgan fingerprint density at radius 1 is 1.29 bits per heavy atom. The molecule has 0 fully saturated rings. The number of anilines is 2. The Kier molecular flexibility index (Phi) is 4.41. The smallest absolute Gasteiger partial charge is 0.262 e. The summed E-state index contributed by atoms with van der Waals surface area (Å²) < 4.78 is 1.55. The molecule has 0 bridgehead atoms. The highest BCUT2D eigenvalue weighted by Crippen LogP contribution is 2.32. The van der Waals surface area contributed by atoms with Crippen molar-refractivity contribution >= 4 is 45.2 Å². The molecule has 0 saturated heterocycles. The molecule has 3 aromatic rings. The largest absolute Gasteiger partial charge is 0.368 e. The Bertz CT molecular complexity index is 950. The van der Waals surface area contributed by atoms with E-state index in [1.165, 1.54) is 23.1 Å². The molecule has 0 aliphatic carbocycles. The number of thiophene rings is 1. The van der Waals surface area contributed by atoms with Gasteiger partial charge in [0, 0.05) is 21.1 Å². The zero-order chi connectivity index (χ0) is 17.4. The maximum absolute atomic E-state index is 12.4. The van der Waals surface area contributed by atoms with Crippen LogP contribution in [0.1, 0.15) is 18.0 Å². The first-order valence-electron chi connectivity index (χ1n) is 7.16. The molecule has 0 spiro atoms. The van der Waals surface area contributed by atoms with E-state index in [1.807, 2.05) is 26.4 Å². The summed E-state index contributed by atoms with van der Waals surface area (Å²) in [5, 5.41) is 2.99. The number of thioether (sulfide) groups is 1. The molecule has 126 valence electrons. The topological polar surface area (TPSA) is 103 Å². The molecule has 24 heavy (non-hydrogen) atoms. The summed E-state index contributed by atoms with van der Waals surface area (Å²) in [7, 11) is 5.40. The number of fused-ring (bicyclic) bond motifs is 1. The Hall–Kier alpha value is -2.20. The van der Waals surface area contributed by atoms with Gasteiger partial charge in [-0.2, -0.15) is 15.0 Å². The highest BCUT2D eigenvalue weighted by atomic mass is 32.2. The molecule has 3 rings (SSSR count). The van der Waals surface area contributed by atoms with Crippen molar-refractivity contribution in [2.45, 2.75) is 17.3 Å². The second-order valence-electron chi connectivity index (χ2n) is 5.40. The summed E-state index contributed by atoms with van der Waals surface area (Å²) in [6.45, 7) is 1.95. The van der Waals surface area contributed by atoms with Crippen molar-refractivity contribution in [1.82, 2.24) is 24.5 Å². The van der Waals surface area contributed by atoms with Gasteiger partial charge in [0.1, 0.15) is 10.7 Å². The van der Waals surface area contributed by atoms with Gasteiger partial charge in [-0.05, 0) is 18.4 Å². The van der Waals surface area contributed by atoms with Crippen LogP contribution in [0.5, 0.6) is 0 Å². The molecule has 3 heterocycles. The van der Waals surface area contributed by atoms with Gasteiger partial charge in [0.2, 0.25) is 11.9 Å². The van der Waals surface area contributed by atoms with E-state index in [1.54, 1.807) is 22.6 Å². The van der Waals surface area contributed by atoms with E-state index >= 15 is 0 Å². The molecule has 10 heteroatoms. The Balaban J connectivity index is 1.97. The molecule has 0 amide bonds. The fourth-order valence-corrected chi connectivity index (χ4v) is 3.80. The first-order chi connectivity index (χ1) is 11.4. The average molecular weight is 363 g/mol. The molecule has 8 nitrogen and oxygen atoms in total. The lowest BCUT2D eigenvalue weighted by atomic mass is 10.4. The molecular weight excluding hydrogens is 346 g/mol. The average Bonchev–Trinajstić information content (AvgIpc) is 3.00. The Labute approximate surface area is 146 Å². The van der Waals surface area contributed by atoms with Crippen molar-refractivity contribution in [1.29, 1.82) is 0 Å². The minimum Gasteiger partial charge on any atom is -0.368 e. The number of hydrogen-bond donors (Lipinski definition) is 1. The predicted octanol–water partition coefficient (Wildman–Crippen LogP) is 1.68. The lowest BCUT2D eigenvalue weighted by Crippen LogP contribution is -2.20. The van der Waals surface area contributed by atoms with Crippen molar-refractivity contribution in [2.24, 2.45) is 7.05 Å². The molecule has 0 saturated carbocycles. The van der Waals surface area contributed by atoms with Gasteiger partial charge in [-0.3, -0.25) is 9.36 Å². The van der Waals surface area contributed by atoms with Crippen LogP contribution in [0.4, 0.5) is 11.9 Å². The lowest BCUT2D eigenvalue weighted by molar-refractivity contribution is 0.723. The Morgan fingerprint density at radius 3 is 2.75 bits per heavy atom. The number of nitrogen functional groups attached to an aromatic ring is 1. The van der Waals surface area contributed by atoms with Crippen LogP contribution in [0.15, 0.2) is 21.4 Å². The third-order valence-electron chi connectivity index (χ3n) is 3.37. The monoisotopic (exact) mass is 363 g/mol. The summed E-state index contributed by atoms with van der Waals surface area (Å²) in [5.74, 6) is 1.23.